The molecule has 0 aliphatic carbocycles. The lowest BCUT2D eigenvalue weighted by Gasteiger charge is -2.05. The van der Waals surface area contributed by atoms with E-state index in [1.54, 1.807) is 6.26 Å². The van der Waals surface area contributed by atoms with Crippen LogP contribution in [0.2, 0.25) is 13.1 Å². The van der Waals surface area contributed by atoms with Crippen molar-refractivity contribution in [1.82, 2.24) is 0 Å². The number of benzene rings is 1. The van der Waals surface area contributed by atoms with Crippen LogP contribution in [0.4, 0.5) is 0 Å². The van der Waals surface area contributed by atoms with E-state index in [2.05, 4.69) is 51.2 Å². The van der Waals surface area contributed by atoms with Crippen molar-refractivity contribution in [3.8, 4) is 0 Å². The Hall–Kier alpha value is -1.02. The highest BCUT2D eigenvalue weighted by Crippen LogP contribution is 2.15. The Kier molecular flexibility index (Phi) is 4.63. The topological polar surface area (TPSA) is 9.23 Å². The van der Waals surface area contributed by atoms with Gasteiger partial charge in [-0.1, -0.05) is 38.1 Å². The third-order valence-corrected chi connectivity index (χ3v) is 2.77. The molecule has 0 saturated heterocycles. The normalized spacial score (nSPS) is 11.6. The molecule has 1 aromatic rings. The molecule has 1 rings (SSSR count). The second-order valence-corrected chi connectivity index (χ2v) is 6.20. The van der Waals surface area contributed by atoms with Crippen LogP contribution in [0.3, 0.4) is 0 Å². The summed E-state index contributed by atoms with van der Waals surface area (Å²) < 4.78 is 5.44. The molecule has 1 radical (unpaired) electrons. The molecule has 0 N–H and O–H groups in total. The van der Waals surface area contributed by atoms with Gasteiger partial charge in [0, 0.05) is 0 Å². The Morgan fingerprint density at radius 3 is 2.20 bits per heavy atom. The zero-order valence-corrected chi connectivity index (χ0v) is 10.9. The first-order valence-electron chi connectivity index (χ1n) is 5.33. The first-order valence-corrected chi connectivity index (χ1v) is 7.73. The molecule has 1 aromatic carbocycles. The first-order chi connectivity index (χ1) is 7.09. The Bertz CT molecular complexity index is 312. The van der Waals surface area contributed by atoms with Crippen molar-refractivity contribution >= 4 is 15.1 Å². The zero-order valence-electron chi connectivity index (χ0n) is 9.95. The fraction of sp³-hybridized carbons (Fsp3) is 0.385. The minimum absolute atomic E-state index is 0.598. The monoisotopic (exact) mass is 219 g/mol. The molecule has 1 nitrogen and oxygen atoms in total. The van der Waals surface area contributed by atoms with Crippen molar-refractivity contribution in [3.05, 3.63) is 41.7 Å². The van der Waals surface area contributed by atoms with Crippen molar-refractivity contribution in [2.45, 2.75) is 32.9 Å². The predicted octanol–water partition coefficient (Wildman–Crippen LogP) is 4.05. The van der Waals surface area contributed by atoms with Gasteiger partial charge in [0.2, 0.25) is 0 Å². The molecular formula is C13H19OSi. The minimum atomic E-state index is -0.612. The Morgan fingerprint density at radius 2 is 1.73 bits per heavy atom. The zero-order chi connectivity index (χ0) is 11.3. The van der Waals surface area contributed by atoms with Crippen LogP contribution in [0.1, 0.15) is 30.9 Å². The molecular weight excluding hydrogens is 200 g/mol. The average molecular weight is 219 g/mol. The number of hydrogen-bond donors (Lipinski definition) is 0. The van der Waals surface area contributed by atoms with Crippen LogP contribution in [0, 0.1) is 0 Å². The number of rotatable bonds is 4. The molecule has 15 heavy (non-hydrogen) atoms. The standard InChI is InChI=1S/C13H19OSi/c1-11(2)13-7-5-12(6-8-13)9-10-14-15(3)4/h5-11H,1-4H3. The summed E-state index contributed by atoms with van der Waals surface area (Å²) in [5, 5.41) is 0. The smallest absolute Gasteiger partial charge is 0.273 e. The maximum absolute atomic E-state index is 5.44. The van der Waals surface area contributed by atoms with Crippen molar-refractivity contribution in [3.63, 3.8) is 0 Å². The van der Waals surface area contributed by atoms with Gasteiger partial charge >= 0.3 is 0 Å². The molecule has 0 heterocycles. The van der Waals surface area contributed by atoms with E-state index in [0.29, 0.717) is 5.92 Å². The second-order valence-electron chi connectivity index (χ2n) is 4.15. The lowest BCUT2D eigenvalue weighted by molar-refractivity contribution is 0.505. The van der Waals surface area contributed by atoms with Gasteiger partial charge in [0.05, 0.1) is 6.26 Å². The average Bonchev–Trinajstić information content (AvgIpc) is 2.18. The van der Waals surface area contributed by atoms with Crippen LogP contribution in [0.5, 0.6) is 0 Å². The fourth-order valence-electron chi connectivity index (χ4n) is 1.24. The molecule has 0 spiro atoms. The summed E-state index contributed by atoms with van der Waals surface area (Å²) in [6, 6.07) is 8.61. The van der Waals surface area contributed by atoms with Crippen LogP contribution < -0.4 is 0 Å². The molecule has 0 aliphatic heterocycles. The van der Waals surface area contributed by atoms with E-state index in [1.807, 2.05) is 6.08 Å². The van der Waals surface area contributed by atoms with Gasteiger partial charge in [0.1, 0.15) is 0 Å². The Morgan fingerprint density at radius 1 is 1.13 bits per heavy atom. The van der Waals surface area contributed by atoms with Gasteiger partial charge in [-0.2, -0.15) is 0 Å². The summed E-state index contributed by atoms with van der Waals surface area (Å²) in [5.74, 6) is 0.598. The molecule has 0 fully saturated rings. The summed E-state index contributed by atoms with van der Waals surface area (Å²) in [5.41, 5.74) is 2.58. The van der Waals surface area contributed by atoms with Crippen LogP contribution in [-0.4, -0.2) is 9.04 Å². The van der Waals surface area contributed by atoms with Crippen LogP contribution in [0.15, 0.2) is 30.5 Å². The molecule has 81 valence electrons. The third-order valence-electron chi connectivity index (χ3n) is 2.17. The van der Waals surface area contributed by atoms with Gasteiger partial charge in [0.15, 0.2) is 0 Å². The van der Waals surface area contributed by atoms with E-state index in [0.717, 1.165) is 0 Å². The molecule has 2 heteroatoms. The Balaban J connectivity index is 2.60. The van der Waals surface area contributed by atoms with Gasteiger partial charge < -0.3 is 4.43 Å². The minimum Gasteiger partial charge on any atom is -0.548 e. The van der Waals surface area contributed by atoms with E-state index < -0.39 is 9.04 Å². The lowest BCUT2D eigenvalue weighted by atomic mass is 10.0. The maximum Gasteiger partial charge on any atom is 0.273 e. The summed E-state index contributed by atoms with van der Waals surface area (Å²) in [6.07, 6.45) is 3.82. The van der Waals surface area contributed by atoms with E-state index in [4.69, 9.17) is 4.43 Å². The van der Waals surface area contributed by atoms with E-state index in [9.17, 15) is 0 Å². The van der Waals surface area contributed by atoms with Crippen molar-refractivity contribution in [2.24, 2.45) is 0 Å². The SMILES string of the molecule is CC(C)c1ccc(C=CO[Si](C)C)cc1. The van der Waals surface area contributed by atoms with Crippen LogP contribution in [-0.2, 0) is 4.43 Å². The van der Waals surface area contributed by atoms with E-state index >= 15 is 0 Å². The van der Waals surface area contributed by atoms with Gasteiger partial charge in [-0.3, -0.25) is 0 Å². The van der Waals surface area contributed by atoms with Crippen LogP contribution in [0.25, 0.3) is 6.08 Å². The van der Waals surface area contributed by atoms with Crippen LogP contribution >= 0.6 is 0 Å². The highest BCUT2D eigenvalue weighted by atomic mass is 28.3. The molecule has 0 atom stereocenters. The van der Waals surface area contributed by atoms with E-state index in [-0.39, 0.29) is 0 Å². The van der Waals surface area contributed by atoms with Crippen molar-refractivity contribution < 1.29 is 4.43 Å². The maximum atomic E-state index is 5.44. The highest BCUT2D eigenvalue weighted by Gasteiger charge is 1.97. The lowest BCUT2D eigenvalue weighted by Crippen LogP contribution is -2.00. The largest absolute Gasteiger partial charge is 0.548 e. The summed E-state index contributed by atoms with van der Waals surface area (Å²) >= 11 is 0. The predicted molar refractivity (Wildman–Crippen MR) is 68.1 cm³/mol. The fourth-order valence-corrected chi connectivity index (χ4v) is 1.58. The summed E-state index contributed by atoms with van der Waals surface area (Å²) in [6.45, 7) is 8.65. The molecule has 0 saturated carbocycles. The quantitative estimate of drug-likeness (QED) is 0.548. The second kappa shape index (κ2) is 5.76. The van der Waals surface area contributed by atoms with Gasteiger partial charge in [-0.15, -0.1) is 0 Å². The molecule has 0 bridgehead atoms. The molecule has 0 aliphatic rings. The van der Waals surface area contributed by atoms with Crippen molar-refractivity contribution in [1.29, 1.82) is 0 Å². The third kappa shape index (κ3) is 4.34. The van der Waals surface area contributed by atoms with Gasteiger partial charge in [0.25, 0.3) is 9.04 Å². The van der Waals surface area contributed by atoms with E-state index in [1.165, 1.54) is 11.1 Å². The van der Waals surface area contributed by atoms with Gasteiger partial charge in [-0.05, 0) is 36.2 Å². The number of hydrogen-bond acceptors (Lipinski definition) is 1. The van der Waals surface area contributed by atoms with Gasteiger partial charge in [-0.25, -0.2) is 0 Å². The summed E-state index contributed by atoms with van der Waals surface area (Å²) in [7, 11) is -0.612. The first kappa shape index (κ1) is 12.0. The highest BCUT2D eigenvalue weighted by molar-refractivity contribution is 6.48. The Labute approximate surface area is 94.5 Å². The molecule has 0 aromatic heterocycles. The molecule has 0 amide bonds. The van der Waals surface area contributed by atoms with Crippen molar-refractivity contribution in [2.75, 3.05) is 0 Å². The summed E-state index contributed by atoms with van der Waals surface area (Å²) in [4.78, 5) is 0. The molecule has 0 unspecified atom stereocenters.